The molecule has 1 aromatic rings. The van der Waals surface area contributed by atoms with E-state index in [2.05, 4.69) is 24.1 Å². The van der Waals surface area contributed by atoms with Crippen molar-refractivity contribution in [1.29, 1.82) is 0 Å². The van der Waals surface area contributed by atoms with Gasteiger partial charge in [-0.2, -0.15) is 0 Å². The maximum atomic E-state index is 11.8. The normalized spacial score (nSPS) is 14.3. The van der Waals surface area contributed by atoms with Crippen molar-refractivity contribution in [3.05, 3.63) is 18.2 Å². The lowest BCUT2D eigenvalue weighted by molar-refractivity contribution is -0.121. The van der Waals surface area contributed by atoms with Crippen molar-refractivity contribution < 1.29 is 9.90 Å². The summed E-state index contributed by atoms with van der Waals surface area (Å²) in [6.45, 7) is 9.13. The number of aryl methyl sites for hydroxylation is 1. The van der Waals surface area contributed by atoms with Crippen molar-refractivity contribution in [3.63, 3.8) is 0 Å². The predicted molar refractivity (Wildman–Crippen MR) is 79.4 cm³/mol. The van der Waals surface area contributed by atoms with Gasteiger partial charge < -0.3 is 15.0 Å². The quantitative estimate of drug-likeness (QED) is 0.765. The second-order valence-electron chi connectivity index (χ2n) is 5.64. The summed E-state index contributed by atoms with van der Waals surface area (Å²) in [6.07, 6.45) is 4.51. The molecule has 0 aliphatic heterocycles. The van der Waals surface area contributed by atoms with Gasteiger partial charge in [-0.15, -0.1) is 0 Å². The van der Waals surface area contributed by atoms with Gasteiger partial charge in [0.05, 0.1) is 6.10 Å². The average molecular weight is 281 g/mol. The van der Waals surface area contributed by atoms with Crippen LogP contribution in [0.3, 0.4) is 0 Å². The zero-order valence-corrected chi connectivity index (χ0v) is 13.0. The molecule has 1 heterocycles. The Morgan fingerprint density at radius 1 is 1.45 bits per heavy atom. The largest absolute Gasteiger partial charge is 0.391 e. The molecule has 114 valence electrons. The van der Waals surface area contributed by atoms with Crippen LogP contribution in [0, 0.1) is 5.92 Å². The highest BCUT2D eigenvalue weighted by Crippen LogP contribution is 2.12. The summed E-state index contributed by atoms with van der Waals surface area (Å²) in [5.41, 5.74) is 0. The minimum absolute atomic E-state index is 0.0317. The molecule has 0 aromatic carbocycles. The van der Waals surface area contributed by atoms with Crippen molar-refractivity contribution in [3.8, 4) is 0 Å². The van der Waals surface area contributed by atoms with E-state index < -0.39 is 6.10 Å². The summed E-state index contributed by atoms with van der Waals surface area (Å²) in [5.74, 6) is 1.52. The summed E-state index contributed by atoms with van der Waals surface area (Å²) in [7, 11) is 0. The van der Waals surface area contributed by atoms with E-state index in [4.69, 9.17) is 0 Å². The number of aliphatic hydroxyl groups excluding tert-OH is 1. The second kappa shape index (κ2) is 8.04. The Morgan fingerprint density at radius 3 is 2.75 bits per heavy atom. The summed E-state index contributed by atoms with van der Waals surface area (Å²) >= 11 is 0. The van der Waals surface area contributed by atoms with Gasteiger partial charge >= 0.3 is 0 Å². The molecule has 0 spiro atoms. The predicted octanol–water partition coefficient (Wildman–Crippen LogP) is 1.92. The number of aliphatic hydroxyl groups is 1. The molecule has 0 aliphatic rings. The molecule has 1 aromatic heterocycles. The van der Waals surface area contributed by atoms with Crippen LogP contribution in [0.5, 0.6) is 0 Å². The number of hydrogen-bond donors (Lipinski definition) is 2. The zero-order valence-electron chi connectivity index (χ0n) is 13.0. The standard InChI is InChI=1S/C15H27N3O2/c1-5-12(4)13(19)10-17-14(20)6-8-18-9-7-16-15(18)11(2)3/h7,9,11-13,19H,5-6,8,10H2,1-4H3,(H,17,20). The molecule has 2 atom stereocenters. The molecule has 1 rings (SSSR count). The maximum Gasteiger partial charge on any atom is 0.221 e. The van der Waals surface area contributed by atoms with Crippen molar-refractivity contribution >= 4 is 5.91 Å². The van der Waals surface area contributed by atoms with Gasteiger partial charge in [0.2, 0.25) is 5.91 Å². The second-order valence-corrected chi connectivity index (χ2v) is 5.64. The van der Waals surface area contributed by atoms with Crippen LogP contribution >= 0.6 is 0 Å². The molecule has 0 radical (unpaired) electrons. The molecule has 0 saturated heterocycles. The highest BCUT2D eigenvalue weighted by atomic mass is 16.3. The van der Waals surface area contributed by atoms with Gasteiger partial charge in [0.25, 0.3) is 0 Å². The number of carbonyl (C=O) groups is 1. The first-order chi connectivity index (χ1) is 9.45. The fourth-order valence-electron chi connectivity index (χ4n) is 2.01. The fraction of sp³-hybridized carbons (Fsp3) is 0.733. The SMILES string of the molecule is CCC(C)C(O)CNC(=O)CCn1ccnc1C(C)C. The van der Waals surface area contributed by atoms with Crippen LogP contribution in [-0.4, -0.2) is 33.2 Å². The minimum Gasteiger partial charge on any atom is -0.391 e. The van der Waals surface area contributed by atoms with Gasteiger partial charge in [-0.25, -0.2) is 4.98 Å². The molecule has 0 saturated carbocycles. The Balaban J connectivity index is 2.35. The third kappa shape index (κ3) is 4.96. The summed E-state index contributed by atoms with van der Waals surface area (Å²) in [6, 6.07) is 0. The Morgan fingerprint density at radius 2 is 2.15 bits per heavy atom. The number of hydrogen-bond acceptors (Lipinski definition) is 3. The third-order valence-corrected chi connectivity index (χ3v) is 3.65. The fourth-order valence-corrected chi connectivity index (χ4v) is 2.01. The molecular formula is C15H27N3O2. The van der Waals surface area contributed by atoms with E-state index in [-0.39, 0.29) is 11.8 Å². The first-order valence-corrected chi connectivity index (χ1v) is 7.41. The monoisotopic (exact) mass is 281 g/mol. The minimum atomic E-state index is -0.469. The van der Waals surface area contributed by atoms with Gasteiger partial charge in [0.15, 0.2) is 0 Å². The van der Waals surface area contributed by atoms with E-state index in [1.807, 2.05) is 24.6 Å². The number of imidazole rings is 1. The maximum absolute atomic E-state index is 11.8. The first kappa shape index (κ1) is 16.7. The Bertz CT molecular complexity index is 415. The molecule has 0 aliphatic carbocycles. The molecule has 5 nitrogen and oxygen atoms in total. The smallest absolute Gasteiger partial charge is 0.221 e. The molecule has 5 heteroatoms. The molecular weight excluding hydrogens is 254 g/mol. The van der Waals surface area contributed by atoms with E-state index in [0.717, 1.165) is 12.2 Å². The van der Waals surface area contributed by atoms with Crippen LogP contribution in [0.2, 0.25) is 0 Å². The van der Waals surface area contributed by atoms with E-state index in [9.17, 15) is 9.90 Å². The number of nitrogens with one attached hydrogen (secondary N) is 1. The molecule has 0 bridgehead atoms. The number of carbonyl (C=O) groups excluding carboxylic acids is 1. The summed E-state index contributed by atoms with van der Waals surface area (Å²) in [5, 5.41) is 12.6. The lowest BCUT2D eigenvalue weighted by atomic mass is 10.0. The van der Waals surface area contributed by atoms with Crippen molar-refractivity contribution in [2.45, 2.75) is 59.1 Å². The molecule has 1 amide bonds. The molecule has 0 fully saturated rings. The Hall–Kier alpha value is -1.36. The number of rotatable bonds is 8. The van der Waals surface area contributed by atoms with Crippen LogP contribution in [0.1, 0.15) is 52.3 Å². The molecule has 2 unspecified atom stereocenters. The van der Waals surface area contributed by atoms with E-state index in [1.54, 1.807) is 6.20 Å². The topological polar surface area (TPSA) is 67.2 Å². The van der Waals surface area contributed by atoms with Gasteiger partial charge in [-0.1, -0.05) is 34.1 Å². The van der Waals surface area contributed by atoms with Gasteiger partial charge in [0, 0.05) is 37.8 Å². The van der Waals surface area contributed by atoms with E-state index in [1.165, 1.54) is 0 Å². The van der Waals surface area contributed by atoms with Crippen LogP contribution in [0.4, 0.5) is 0 Å². The highest BCUT2D eigenvalue weighted by Gasteiger charge is 2.14. The lowest BCUT2D eigenvalue weighted by Gasteiger charge is -2.17. The van der Waals surface area contributed by atoms with E-state index in [0.29, 0.717) is 25.4 Å². The zero-order chi connectivity index (χ0) is 15.1. The average Bonchev–Trinajstić information content (AvgIpc) is 2.90. The summed E-state index contributed by atoms with van der Waals surface area (Å²) < 4.78 is 2.01. The Labute approximate surface area is 121 Å². The molecule has 20 heavy (non-hydrogen) atoms. The highest BCUT2D eigenvalue weighted by molar-refractivity contribution is 5.75. The number of aromatic nitrogens is 2. The number of nitrogens with zero attached hydrogens (tertiary/aromatic N) is 2. The van der Waals surface area contributed by atoms with Crippen molar-refractivity contribution in [2.24, 2.45) is 5.92 Å². The van der Waals surface area contributed by atoms with Gasteiger partial charge in [0.1, 0.15) is 5.82 Å². The van der Waals surface area contributed by atoms with Crippen LogP contribution in [-0.2, 0) is 11.3 Å². The molecule has 2 N–H and O–H groups in total. The van der Waals surface area contributed by atoms with Gasteiger partial charge in [-0.3, -0.25) is 4.79 Å². The Kier molecular flexibility index (Phi) is 6.71. The van der Waals surface area contributed by atoms with Crippen LogP contribution in [0.15, 0.2) is 12.4 Å². The van der Waals surface area contributed by atoms with Crippen LogP contribution < -0.4 is 5.32 Å². The van der Waals surface area contributed by atoms with Crippen molar-refractivity contribution in [1.82, 2.24) is 14.9 Å². The first-order valence-electron chi connectivity index (χ1n) is 7.41. The summed E-state index contributed by atoms with van der Waals surface area (Å²) in [4.78, 5) is 16.1. The van der Waals surface area contributed by atoms with Crippen LogP contribution in [0.25, 0.3) is 0 Å². The van der Waals surface area contributed by atoms with Crippen molar-refractivity contribution in [2.75, 3.05) is 6.54 Å². The number of amides is 1. The lowest BCUT2D eigenvalue weighted by Crippen LogP contribution is -2.35. The van der Waals surface area contributed by atoms with E-state index >= 15 is 0 Å². The third-order valence-electron chi connectivity index (χ3n) is 3.65. The van der Waals surface area contributed by atoms with Gasteiger partial charge in [-0.05, 0) is 5.92 Å².